The maximum Gasteiger partial charge on any atom is 0.277 e. The number of rotatable bonds is 1. The maximum atomic E-state index is 11.9. The molecule has 0 heterocycles. The smallest absolute Gasteiger partial charge is 0.277 e. The van der Waals surface area contributed by atoms with E-state index in [1.807, 2.05) is 19.1 Å². The molecule has 1 aromatic rings. The lowest BCUT2D eigenvalue weighted by Crippen LogP contribution is -2.08. The Morgan fingerprint density at radius 2 is 1.72 bits per heavy atom. The van der Waals surface area contributed by atoms with Gasteiger partial charge >= 0.3 is 0 Å². The average molecular weight is 239 g/mol. The highest BCUT2D eigenvalue weighted by molar-refractivity contribution is 6.22. The number of hydrogen-bond donors (Lipinski definition) is 0. The van der Waals surface area contributed by atoms with Gasteiger partial charge in [-0.15, -0.1) is 0 Å². The summed E-state index contributed by atoms with van der Waals surface area (Å²) >= 11 is 0. The molecule has 0 fully saturated rings. The summed E-state index contributed by atoms with van der Waals surface area (Å²) in [4.78, 5) is 27.0. The van der Waals surface area contributed by atoms with Gasteiger partial charge in [0.15, 0.2) is 5.78 Å². The van der Waals surface area contributed by atoms with Gasteiger partial charge < -0.3 is 0 Å². The maximum absolute atomic E-state index is 11.9. The molecule has 0 atom stereocenters. The molecule has 3 nitrogen and oxygen atoms in total. The summed E-state index contributed by atoms with van der Waals surface area (Å²) in [6.07, 6.45) is 4.46. The van der Waals surface area contributed by atoms with Crippen molar-refractivity contribution in [3.8, 4) is 0 Å². The predicted octanol–water partition coefficient (Wildman–Crippen LogP) is 2.66. The SMILES string of the molecule is CC1=CC(=O)C=CC1=NC(=O)c1ccc(C)cc1. The van der Waals surface area contributed by atoms with E-state index in [2.05, 4.69) is 4.99 Å². The van der Waals surface area contributed by atoms with Crippen LogP contribution in [0.3, 0.4) is 0 Å². The van der Waals surface area contributed by atoms with Gasteiger partial charge in [-0.05, 0) is 49.8 Å². The van der Waals surface area contributed by atoms with Gasteiger partial charge in [0.1, 0.15) is 0 Å². The highest BCUT2D eigenvalue weighted by Gasteiger charge is 2.10. The molecule has 0 saturated carbocycles. The molecule has 0 spiro atoms. The Labute approximate surface area is 106 Å². The Morgan fingerprint density at radius 1 is 1.06 bits per heavy atom. The van der Waals surface area contributed by atoms with Gasteiger partial charge in [0.2, 0.25) is 0 Å². The van der Waals surface area contributed by atoms with Gasteiger partial charge in [0.25, 0.3) is 5.91 Å². The van der Waals surface area contributed by atoms with Crippen molar-refractivity contribution in [1.82, 2.24) is 0 Å². The molecule has 90 valence electrons. The summed E-state index contributed by atoms with van der Waals surface area (Å²) in [7, 11) is 0. The van der Waals surface area contributed by atoms with Gasteiger partial charge in [-0.25, -0.2) is 4.99 Å². The van der Waals surface area contributed by atoms with E-state index in [1.54, 1.807) is 25.1 Å². The van der Waals surface area contributed by atoms with Gasteiger partial charge in [-0.2, -0.15) is 0 Å². The van der Waals surface area contributed by atoms with Crippen molar-refractivity contribution in [2.24, 2.45) is 4.99 Å². The number of amides is 1. The lowest BCUT2D eigenvalue weighted by Gasteiger charge is -2.05. The van der Waals surface area contributed by atoms with E-state index in [4.69, 9.17) is 0 Å². The summed E-state index contributed by atoms with van der Waals surface area (Å²) in [6.45, 7) is 3.73. The first-order valence-corrected chi connectivity index (χ1v) is 5.66. The summed E-state index contributed by atoms with van der Waals surface area (Å²) in [6, 6.07) is 7.24. The number of carbonyl (C=O) groups is 2. The Bertz CT molecular complexity index is 589. The van der Waals surface area contributed by atoms with Crippen LogP contribution < -0.4 is 0 Å². The van der Waals surface area contributed by atoms with Crippen LogP contribution in [-0.2, 0) is 4.79 Å². The average Bonchev–Trinajstić information content (AvgIpc) is 2.33. The number of aliphatic imine (C=N–C) groups is 1. The number of ketones is 1. The van der Waals surface area contributed by atoms with Crippen molar-refractivity contribution in [2.45, 2.75) is 13.8 Å². The number of allylic oxidation sites excluding steroid dienone is 4. The van der Waals surface area contributed by atoms with Crippen LogP contribution in [0.15, 0.2) is 53.1 Å². The molecule has 3 heteroatoms. The highest BCUT2D eigenvalue weighted by Crippen LogP contribution is 2.09. The fraction of sp³-hybridized carbons (Fsp3) is 0.133. The second-order valence-corrected chi connectivity index (χ2v) is 4.23. The molecule has 0 saturated heterocycles. The van der Waals surface area contributed by atoms with Gasteiger partial charge in [-0.3, -0.25) is 9.59 Å². The lowest BCUT2D eigenvalue weighted by molar-refractivity contribution is -0.110. The third-order valence-corrected chi connectivity index (χ3v) is 2.69. The predicted molar refractivity (Wildman–Crippen MR) is 70.8 cm³/mol. The first kappa shape index (κ1) is 12.2. The quantitative estimate of drug-likeness (QED) is 0.707. The van der Waals surface area contributed by atoms with Crippen molar-refractivity contribution < 1.29 is 9.59 Å². The minimum Gasteiger partial charge on any atom is -0.290 e. The number of carbonyl (C=O) groups excluding carboxylic acids is 2. The molecule has 0 radical (unpaired) electrons. The number of benzene rings is 1. The van der Waals surface area contributed by atoms with Crippen LogP contribution in [0.25, 0.3) is 0 Å². The molecule has 1 aromatic carbocycles. The van der Waals surface area contributed by atoms with Crippen molar-refractivity contribution in [3.63, 3.8) is 0 Å². The van der Waals surface area contributed by atoms with Crippen molar-refractivity contribution in [3.05, 3.63) is 59.2 Å². The van der Waals surface area contributed by atoms with Crippen molar-refractivity contribution >= 4 is 17.4 Å². The van der Waals surface area contributed by atoms with Crippen molar-refractivity contribution in [2.75, 3.05) is 0 Å². The third kappa shape index (κ3) is 2.69. The Hall–Kier alpha value is -2.29. The first-order valence-electron chi connectivity index (χ1n) is 5.66. The van der Waals surface area contributed by atoms with E-state index >= 15 is 0 Å². The second kappa shape index (κ2) is 4.92. The minimum absolute atomic E-state index is 0.0748. The zero-order chi connectivity index (χ0) is 13.1. The molecular weight excluding hydrogens is 226 g/mol. The molecule has 0 aliphatic heterocycles. The molecule has 0 aromatic heterocycles. The van der Waals surface area contributed by atoms with Gasteiger partial charge in [0.05, 0.1) is 5.71 Å². The summed E-state index contributed by atoms with van der Waals surface area (Å²) in [5.41, 5.74) is 2.90. The number of hydrogen-bond acceptors (Lipinski definition) is 2. The van der Waals surface area contributed by atoms with E-state index in [0.29, 0.717) is 16.8 Å². The molecular formula is C15H13NO2. The fourth-order valence-electron chi connectivity index (χ4n) is 1.62. The molecule has 0 N–H and O–H groups in total. The Kier molecular flexibility index (Phi) is 3.33. The fourth-order valence-corrected chi connectivity index (χ4v) is 1.62. The Balaban J connectivity index is 2.26. The molecule has 1 amide bonds. The molecule has 2 rings (SSSR count). The summed E-state index contributed by atoms with van der Waals surface area (Å²) < 4.78 is 0. The highest BCUT2D eigenvalue weighted by atomic mass is 16.1. The van der Waals surface area contributed by atoms with Crippen LogP contribution in [0.1, 0.15) is 22.8 Å². The van der Waals surface area contributed by atoms with Crippen LogP contribution in [0.5, 0.6) is 0 Å². The topological polar surface area (TPSA) is 46.5 Å². The Morgan fingerprint density at radius 3 is 2.33 bits per heavy atom. The van der Waals surface area contributed by atoms with Gasteiger partial charge in [-0.1, -0.05) is 17.7 Å². The van der Waals surface area contributed by atoms with Crippen LogP contribution in [0.2, 0.25) is 0 Å². The van der Waals surface area contributed by atoms with Crippen LogP contribution >= 0.6 is 0 Å². The number of aryl methyl sites for hydroxylation is 1. The monoisotopic (exact) mass is 239 g/mol. The van der Waals surface area contributed by atoms with Gasteiger partial charge in [0, 0.05) is 5.56 Å². The van der Waals surface area contributed by atoms with Crippen LogP contribution in [0, 0.1) is 6.92 Å². The molecule has 0 bridgehead atoms. The second-order valence-electron chi connectivity index (χ2n) is 4.23. The molecule has 1 aliphatic carbocycles. The van der Waals surface area contributed by atoms with Crippen LogP contribution in [0.4, 0.5) is 0 Å². The van der Waals surface area contributed by atoms with Crippen LogP contribution in [-0.4, -0.2) is 17.4 Å². The first-order chi connectivity index (χ1) is 8.56. The molecule has 0 unspecified atom stereocenters. The van der Waals surface area contributed by atoms with Crippen molar-refractivity contribution in [1.29, 1.82) is 0 Å². The zero-order valence-corrected chi connectivity index (χ0v) is 10.3. The normalized spacial score (nSPS) is 16.9. The van der Waals surface area contributed by atoms with E-state index in [1.165, 1.54) is 12.2 Å². The van der Waals surface area contributed by atoms with E-state index in [-0.39, 0.29) is 11.7 Å². The third-order valence-electron chi connectivity index (χ3n) is 2.69. The standard InChI is InChI=1S/C15H13NO2/c1-10-3-5-12(6-4-10)15(18)16-14-8-7-13(17)9-11(14)2/h3-9H,1-2H3. The lowest BCUT2D eigenvalue weighted by atomic mass is 10.0. The summed E-state index contributed by atoms with van der Waals surface area (Å²) in [5, 5.41) is 0. The van der Waals surface area contributed by atoms with E-state index in [0.717, 1.165) is 5.56 Å². The largest absolute Gasteiger partial charge is 0.290 e. The number of nitrogens with zero attached hydrogens (tertiary/aromatic N) is 1. The minimum atomic E-state index is -0.295. The van der Waals surface area contributed by atoms with E-state index in [9.17, 15) is 9.59 Å². The molecule has 18 heavy (non-hydrogen) atoms. The zero-order valence-electron chi connectivity index (χ0n) is 10.3. The molecule has 1 aliphatic rings. The van der Waals surface area contributed by atoms with E-state index < -0.39 is 0 Å². The summed E-state index contributed by atoms with van der Waals surface area (Å²) in [5.74, 6) is -0.369.